The molecule has 11 nitrogen and oxygen atoms in total. The Kier molecular flexibility index (Phi) is 7.60. The normalized spacial score (nSPS) is 14.1. The van der Waals surface area contributed by atoms with Crippen molar-refractivity contribution >= 4 is 63.0 Å². The van der Waals surface area contributed by atoms with Gasteiger partial charge in [-0.3, -0.25) is 29.9 Å². The lowest BCUT2D eigenvalue weighted by atomic mass is 10.1. The van der Waals surface area contributed by atoms with Gasteiger partial charge in [0.2, 0.25) is 5.75 Å². The van der Waals surface area contributed by atoms with E-state index < -0.39 is 21.2 Å². The second kappa shape index (κ2) is 10.9. The fraction of sp³-hybridized carbons (Fsp3) is 0.120. The van der Waals surface area contributed by atoms with Crippen molar-refractivity contribution in [3.8, 4) is 17.2 Å². The third-order valence-corrected chi connectivity index (χ3v) is 6.80. The molecule has 0 N–H and O–H groups in total. The van der Waals surface area contributed by atoms with Crippen molar-refractivity contribution in [3.63, 3.8) is 0 Å². The molecule has 0 aromatic heterocycles. The quantitative estimate of drug-likeness (QED) is 0.147. The Hall–Kier alpha value is -4.49. The molecule has 0 saturated carbocycles. The van der Waals surface area contributed by atoms with E-state index in [4.69, 9.17) is 21.7 Å². The van der Waals surface area contributed by atoms with E-state index in [0.717, 1.165) is 35.6 Å². The molecular weight excluding hydrogens is 532 g/mol. The smallest absolute Gasteiger partial charge is 0.318 e. The first-order valence-electron chi connectivity index (χ1n) is 10.9. The van der Waals surface area contributed by atoms with Crippen LogP contribution in [0.5, 0.6) is 17.2 Å². The number of thioether (sulfide) groups is 1. The van der Waals surface area contributed by atoms with Crippen LogP contribution in [0.3, 0.4) is 0 Å². The lowest BCUT2D eigenvalue weighted by molar-refractivity contribution is -0.394. The Bertz CT molecular complexity index is 1490. The van der Waals surface area contributed by atoms with E-state index in [2.05, 4.69) is 0 Å². The molecule has 1 amide bonds. The number of nitrogens with zero attached hydrogens (tertiary/aromatic N) is 4. The third-order valence-electron chi connectivity index (χ3n) is 5.50. The number of ether oxygens (including phenoxy) is 2. The summed E-state index contributed by atoms with van der Waals surface area (Å²) in [6.45, 7) is 0. The van der Waals surface area contributed by atoms with Crippen LogP contribution in [0.4, 0.5) is 22.7 Å². The second-order valence-corrected chi connectivity index (χ2v) is 9.75. The van der Waals surface area contributed by atoms with Gasteiger partial charge in [-0.05, 0) is 42.5 Å². The van der Waals surface area contributed by atoms with Gasteiger partial charge >= 0.3 is 5.69 Å². The van der Waals surface area contributed by atoms with Crippen molar-refractivity contribution in [2.45, 2.75) is 0 Å². The van der Waals surface area contributed by atoms with Gasteiger partial charge in [0.1, 0.15) is 0 Å². The van der Waals surface area contributed by atoms with E-state index in [9.17, 15) is 25.0 Å². The van der Waals surface area contributed by atoms with Gasteiger partial charge in [0, 0.05) is 31.4 Å². The molecule has 0 bridgehead atoms. The Morgan fingerprint density at radius 2 is 1.71 bits per heavy atom. The zero-order valence-electron chi connectivity index (χ0n) is 20.3. The summed E-state index contributed by atoms with van der Waals surface area (Å²) in [6.07, 6.45) is 1.56. The number of hydrogen-bond acceptors (Lipinski definition) is 10. The SMILES string of the molecule is COc1cccc(/C=C2/SC(=S)N(c3ccc(N(C)C)cc3)C2=O)c1Oc1ccc([N+](=O)[O-])cc1[N+](=O)[O-]. The van der Waals surface area contributed by atoms with Crippen LogP contribution in [-0.4, -0.2) is 41.3 Å². The standard InChI is InChI=1S/C25H20N4O7S2/c1-26(2)16-7-9-17(10-8-16)27-24(30)22(38-25(27)37)13-15-5-4-6-21(35-3)23(15)36-20-12-11-18(28(31)32)14-19(20)29(33)34/h4-14H,1-3H3/b22-13+. The van der Waals surface area contributed by atoms with Crippen molar-refractivity contribution in [1.29, 1.82) is 0 Å². The van der Waals surface area contributed by atoms with Gasteiger partial charge < -0.3 is 14.4 Å². The largest absolute Gasteiger partial charge is 0.493 e. The number of hydrogen-bond donors (Lipinski definition) is 0. The van der Waals surface area contributed by atoms with Crippen LogP contribution in [0.1, 0.15) is 5.56 Å². The van der Waals surface area contributed by atoms with Crippen molar-refractivity contribution in [1.82, 2.24) is 0 Å². The number of methoxy groups -OCH3 is 1. The first kappa shape index (κ1) is 26.6. The fourth-order valence-electron chi connectivity index (χ4n) is 3.61. The number of carbonyl (C=O) groups excluding carboxylic acids is 1. The first-order valence-corrected chi connectivity index (χ1v) is 12.2. The highest BCUT2D eigenvalue weighted by atomic mass is 32.2. The molecule has 194 valence electrons. The van der Waals surface area contributed by atoms with E-state index in [1.54, 1.807) is 36.4 Å². The molecule has 0 unspecified atom stereocenters. The average molecular weight is 553 g/mol. The Labute approximate surface area is 226 Å². The first-order chi connectivity index (χ1) is 18.1. The monoisotopic (exact) mass is 552 g/mol. The summed E-state index contributed by atoms with van der Waals surface area (Å²) >= 11 is 6.58. The van der Waals surface area contributed by atoms with Gasteiger partial charge in [-0.1, -0.05) is 36.1 Å². The minimum Gasteiger partial charge on any atom is -0.493 e. The van der Waals surface area contributed by atoms with Crippen molar-refractivity contribution < 1.29 is 24.1 Å². The number of rotatable bonds is 8. The van der Waals surface area contributed by atoms with Crippen LogP contribution in [0.2, 0.25) is 0 Å². The van der Waals surface area contributed by atoms with E-state index in [1.165, 1.54) is 12.0 Å². The number of nitro groups is 2. The van der Waals surface area contributed by atoms with Gasteiger partial charge in [0.15, 0.2) is 15.8 Å². The zero-order chi connectivity index (χ0) is 27.6. The van der Waals surface area contributed by atoms with Crippen molar-refractivity contribution in [2.75, 3.05) is 31.0 Å². The van der Waals surface area contributed by atoms with Crippen LogP contribution in [0.15, 0.2) is 65.6 Å². The number of amides is 1. The molecule has 13 heteroatoms. The van der Waals surface area contributed by atoms with Crippen LogP contribution in [-0.2, 0) is 4.79 Å². The number of carbonyl (C=O) groups is 1. The molecule has 0 spiro atoms. The summed E-state index contributed by atoms with van der Waals surface area (Å²) < 4.78 is 11.6. The lowest BCUT2D eigenvalue weighted by Gasteiger charge is -2.17. The van der Waals surface area contributed by atoms with Crippen LogP contribution >= 0.6 is 24.0 Å². The van der Waals surface area contributed by atoms with Crippen LogP contribution in [0.25, 0.3) is 6.08 Å². The van der Waals surface area contributed by atoms with E-state index in [-0.39, 0.29) is 23.2 Å². The van der Waals surface area contributed by atoms with Crippen LogP contribution < -0.4 is 19.3 Å². The fourth-order valence-corrected chi connectivity index (χ4v) is 4.90. The molecule has 1 fully saturated rings. The maximum absolute atomic E-state index is 13.3. The molecule has 4 rings (SSSR count). The van der Waals surface area contributed by atoms with Crippen LogP contribution in [0, 0.1) is 20.2 Å². The molecule has 38 heavy (non-hydrogen) atoms. The summed E-state index contributed by atoms with van der Waals surface area (Å²) in [5.74, 6) is -0.241. The Morgan fingerprint density at radius 3 is 2.32 bits per heavy atom. The van der Waals surface area contributed by atoms with E-state index in [1.807, 2.05) is 31.1 Å². The minimum absolute atomic E-state index is 0.0903. The minimum atomic E-state index is -0.774. The van der Waals surface area contributed by atoms with Gasteiger partial charge in [-0.25, -0.2) is 0 Å². The summed E-state index contributed by atoms with van der Waals surface area (Å²) in [5.41, 5.74) is 0.925. The van der Waals surface area contributed by atoms with Gasteiger partial charge in [-0.2, -0.15) is 0 Å². The predicted molar refractivity (Wildman–Crippen MR) is 149 cm³/mol. The maximum Gasteiger partial charge on any atom is 0.318 e. The predicted octanol–water partition coefficient (Wildman–Crippen LogP) is 5.78. The summed E-state index contributed by atoms with van der Waals surface area (Å²) in [6, 6.07) is 15.3. The van der Waals surface area contributed by atoms with Gasteiger partial charge in [-0.15, -0.1) is 0 Å². The van der Waals surface area contributed by atoms with Crippen molar-refractivity contribution in [3.05, 3.63) is 91.4 Å². The number of nitro benzene ring substituents is 2. The second-order valence-electron chi connectivity index (χ2n) is 8.07. The Balaban J connectivity index is 1.72. The molecule has 1 aliphatic rings. The molecule has 1 aliphatic heterocycles. The summed E-state index contributed by atoms with van der Waals surface area (Å²) in [7, 11) is 5.22. The highest BCUT2D eigenvalue weighted by molar-refractivity contribution is 8.27. The highest BCUT2D eigenvalue weighted by Crippen LogP contribution is 2.43. The molecule has 0 atom stereocenters. The Morgan fingerprint density at radius 1 is 1.00 bits per heavy atom. The highest BCUT2D eigenvalue weighted by Gasteiger charge is 2.34. The number of para-hydroxylation sites is 1. The number of anilines is 2. The number of non-ortho nitro benzene ring substituents is 1. The molecule has 3 aromatic rings. The molecule has 1 heterocycles. The van der Waals surface area contributed by atoms with E-state index >= 15 is 0 Å². The topological polar surface area (TPSA) is 128 Å². The third kappa shape index (κ3) is 5.28. The molecule has 0 aliphatic carbocycles. The lowest BCUT2D eigenvalue weighted by Crippen LogP contribution is -2.27. The zero-order valence-corrected chi connectivity index (χ0v) is 21.9. The van der Waals surface area contributed by atoms with E-state index in [0.29, 0.717) is 20.5 Å². The number of thiocarbonyl (C=S) groups is 1. The molecule has 1 saturated heterocycles. The average Bonchev–Trinajstić information content (AvgIpc) is 3.17. The van der Waals surface area contributed by atoms with Crippen molar-refractivity contribution in [2.24, 2.45) is 0 Å². The summed E-state index contributed by atoms with van der Waals surface area (Å²) in [5, 5.41) is 22.7. The number of benzene rings is 3. The molecule has 0 radical (unpaired) electrons. The van der Waals surface area contributed by atoms with Gasteiger partial charge in [0.05, 0.1) is 33.6 Å². The molecular formula is C25H20N4O7S2. The molecule has 3 aromatic carbocycles. The van der Waals surface area contributed by atoms with Gasteiger partial charge in [0.25, 0.3) is 11.6 Å². The maximum atomic E-state index is 13.3. The summed E-state index contributed by atoms with van der Waals surface area (Å²) in [4.78, 5) is 38.2.